The molecule has 1 fully saturated rings. The summed E-state index contributed by atoms with van der Waals surface area (Å²) in [6.07, 6.45) is 5.34. The molecule has 4 rings (SSSR count). The Morgan fingerprint density at radius 2 is 1.67 bits per heavy atom. The molecule has 1 saturated carbocycles. The van der Waals surface area contributed by atoms with E-state index in [2.05, 4.69) is 5.32 Å². The number of carbonyl (C=O) groups is 2. The molecular formula is C32H37Cl2N3O5S. The topological polar surface area (TPSA) is 96.0 Å². The van der Waals surface area contributed by atoms with Crippen molar-refractivity contribution in [2.24, 2.45) is 0 Å². The quantitative estimate of drug-likeness (QED) is 0.244. The van der Waals surface area contributed by atoms with Gasteiger partial charge in [0.25, 0.3) is 10.0 Å². The Morgan fingerprint density at radius 3 is 2.35 bits per heavy atom. The van der Waals surface area contributed by atoms with Crippen LogP contribution in [0.15, 0.2) is 77.7 Å². The van der Waals surface area contributed by atoms with Crippen molar-refractivity contribution in [3.05, 3.63) is 88.4 Å². The van der Waals surface area contributed by atoms with Crippen LogP contribution < -0.4 is 14.4 Å². The number of rotatable bonds is 12. The van der Waals surface area contributed by atoms with Crippen molar-refractivity contribution in [1.82, 2.24) is 10.2 Å². The summed E-state index contributed by atoms with van der Waals surface area (Å²) in [6, 6.07) is 18.8. The zero-order valence-corrected chi connectivity index (χ0v) is 26.7. The van der Waals surface area contributed by atoms with Gasteiger partial charge < -0.3 is 15.0 Å². The van der Waals surface area contributed by atoms with Gasteiger partial charge in [0.1, 0.15) is 18.3 Å². The molecule has 3 aromatic rings. The van der Waals surface area contributed by atoms with E-state index in [0.29, 0.717) is 12.2 Å². The minimum atomic E-state index is -4.26. The summed E-state index contributed by atoms with van der Waals surface area (Å²) in [5.41, 5.74) is 0.794. The van der Waals surface area contributed by atoms with Gasteiger partial charge in [-0.15, -0.1) is 0 Å². The van der Waals surface area contributed by atoms with Gasteiger partial charge in [-0.3, -0.25) is 13.9 Å². The van der Waals surface area contributed by atoms with E-state index in [9.17, 15) is 18.0 Å². The van der Waals surface area contributed by atoms with Crippen molar-refractivity contribution in [3.8, 4) is 5.75 Å². The zero-order chi connectivity index (χ0) is 31.0. The van der Waals surface area contributed by atoms with Crippen molar-refractivity contribution in [2.45, 2.75) is 69.0 Å². The number of benzene rings is 3. The molecule has 0 saturated heterocycles. The molecule has 0 bridgehead atoms. The van der Waals surface area contributed by atoms with Crippen LogP contribution in [-0.4, -0.2) is 50.9 Å². The molecule has 1 aliphatic rings. The van der Waals surface area contributed by atoms with Gasteiger partial charge in [0.2, 0.25) is 11.8 Å². The lowest BCUT2D eigenvalue weighted by Gasteiger charge is -2.34. The fourth-order valence-electron chi connectivity index (χ4n) is 5.35. The van der Waals surface area contributed by atoms with Gasteiger partial charge in [-0.1, -0.05) is 85.8 Å². The van der Waals surface area contributed by atoms with Crippen LogP contribution in [0.1, 0.15) is 51.0 Å². The largest absolute Gasteiger partial charge is 0.497 e. The molecule has 0 heterocycles. The van der Waals surface area contributed by atoms with Gasteiger partial charge in [-0.2, -0.15) is 0 Å². The first kappa shape index (κ1) is 32.6. The lowest BCUT2D eigenvalue weighted by Crippen LogP contribution is -2.54. The number of nitrogens with one attached hydrogen (secondary N) is 1. The zero-order valence-electron chi connectivity index (χ0n) is 24.3. The monoisotopic (exact) mass is 645 g/mol. The van der Waals surface area contributed by atoms with Crippen LogP contribution in [0.25, 0.3) is 0 Å². The third-order valence-electron chi connectivity index (χ3n) is 7.63. The lowest BCUT2D eigenvalue weighted by atomic mass is 9.95. The van der Waals surface area contributed by atoms with Crippen molar-refractivity contribution in [3.63, 3.8) is 0 Å². The van der Waals surface area contributed by atoms with Crippen molar-refractivity contribution >= 4 is 50.7 Å². The highest BCUT2D eigenvalue weighted by Crippen LogP contribution is 2.35. The van der Waals surface area contributed by atoms with Crippen molar-refractivity contribution in [1.29, 1.82) is 0 Å². The maximum Gasteiger partial charge on any atom is 0.264 e. The Balaban J connectivity index is 1.74. The Labute approximate surface area is 264 Å². The summed E-state index contributed by atoms with van der Waals surface area (Å²) in [5, 5.41) is 3.29. The first-order valence-corrected chi connectivity index (χ1v) is 16.6. The van der Waals surface area contributed by atoms with Crippen molar-refractivity contribution < 1.29 is 22.7 Å². The van der Waals surface area contributed by atoms with Crippen LogP contribution in [0.2, 0.25) is 10.0 Å². The molecule has 3 aromatic carbocycles. The highest BCUT2D eigenvalue weighted by Gasteiger charge is 2.35. The third-order valence-corrected chi connectivity index (χ3v) is 10.2. The molecule has 8 nitrogen and oxygen atoms in total. The average molecular weight is 647 g/mol. The molecule has 2 amide bonds. The van der Waals surface area contributed by atoms with Gasteiger partial charge >= 0.3 is 0 Å². The Kier molecular flexibility index (Phi) is 11.3. The molecule has 0 unspecified atom stereocenters. The molecule has 43 heavy (non-hydrogen) atoms. The normalized spacial score (nSPS) is 14.5. The molecule has 0 aliphatic heterocycles. The molecule has 0 radical (unpaired) electrons. The number of amides is 2. The summed E-state index contributed by atoms with van der Waals surface area (Å²) in [5.74, 6) is -0.225. The maximum atomic E-state index is 14.3. The van der Waals surface area contributed by atoms with Gasteiger partial charge in [0.05, 0.1) is 27.7 Å². The summed E-state index contributed by atoms with van der Waals surface area (Å²) in [7, 11) is -2.71. The van der Waals surface area contributed by atoms with E-state index in [-0.39, 0.29) is 39.1 Å². The predicted octanol–water partition coefficient (Wildman–Crippen LogP) is 6.45. The molecule has 1 N–H and O–H groups in total. The second kappa shape index (κ2) is 14.9. The van der Waals surface area contributed by atoms with Gasteiger partial charge in [0, 0.05) is 12.6 Å². The van der Waals surface area contributed by atoms with E-state index < -0.39 is 28.5 Å². The van der Waals surface area contributed by atoms with Crippen LogP contribution in [-0.2, 0) is 26.2 Å². The summed E-state index contributed by atoms with van der Waals surface area (Å²) in [6.45, 7) is 1.30. The number of sulfonamides is 1. The van der Waals surface area contributed by atoms with Gasteiger partial charge in [-0.25, -0.2) is 8.42 Å². The highest BCUT2D eigenvalue weighted by atomic mass is 35.5. The van der Waals surface area contributed by atoms with Crippen LogP contribution in [0, 0.1) is 0 Å². The second-order valence-corrected chi connectivity index (χ2v) is 13.2. The smallest absolute Gasteiger partial charge is 0.264 e. The van der Waals surface area contributed by atoms with E-state index >= 15 is 0 Å². The van der Waals surface area contributed by atoms with Crippen LogP contribution in [0.5, 0.6) is 5.75 Å². The fourth-order valence-corrected chi connectivity index (χ4v) is 7.24. The maximum absolute atomic E-state index is 14.3. The number of anilines is 1. The molecule has 1 atom stereocenters. The second-order valence-electron chi connectivity index (χ2n) is 10.5. The summed E-state index contributed by atoms with van der Waals surface area (Å²) in [4.78, 5) is 29.4. The number of methoxy groups -OCH3 is 1. The molecule has 0 aromatic heterocycles. The minimum Gasteiger partial charge on any atom is -0.497 e. The molecule has 230 valence electrons. The SMILES string of the molecule is CC[C@@H](C(=O)NC1CCCCC1)N(Cc1cccc(OC)c1)C(=O)CN(c1cccc(Cl)c1Cl)S(=O)(=O)c1ccccc1. The standard InChI is InChI=1S/C32H37Cl2N3O5S/c1-3-28(32(39)35-24-13-6-4-7-14-24)36(21-23-12-10-15-25(20-23)42-2)30(38)22-37(29-19-11-18-27(33)31(29)34)43(40,41)26-16-8-5-9-17-26/h5,8-12,15-20,24,28H,3-4,6-7,13-14,21-22H2,1-2H3,(H,35,39)/t28-/m0/s1. The summed E-state index contributed by atoms with van der Waals surface area (Å²) >= 11 is 12.8. The number of ether oxygens (including phenoxy) is 1. The number of hydrogen-bond donors (Lipinski definition) is 1. The first-order chi connectivity index (χ1) is 20.6. The lowest BCUT2D eigenvalue weighted by molar-refractivity contribution is -0.140. The van der Waals surface area contributed by atoms with Crippen LogP contribution in [0.3, 0.4) is 0 Å². The third kappa shape index (κ3) is 8.02. The number of nitrogens with zero attached hydrogens (tertiary/aromatic N) is 2. The van der Waals surface area contributed by atoms with E-state index in [1.54, 1.807) is 55.6 Å². The van der Waals surface area contributed by atoms with Crippen LogP contribution >= 0.6 is 23.2 Å². The molecule has 1 aliphatic carbocycles. The van der Waals surface area contributed by atoms with E-state index in [1.165, 1.54) is 23.1 Å². The Hall–Kier alpha value is -3.27. The fraction of sp³-hybridized carbons (Fsp3) is 0.375. The molecule has 0 spiro atoms. The van der Waals surface area contributed by atoms with E-state index in [1.807, 2.05) is 13.0 Å². The number of carbonyl (C=O) groups excluding carboxylic acids is 2. The van der Waals surface area contributed by atoms with E-state index in [0.717, 1.165) is 42.0 Å². The van der Waals surface area contributed by atoms with Gasteiger partial charge in [0.15, 0.2) is 0 Å². The first-order valence-electron chi connectivity index (χ1n) is 14.4. The predicted molar refractivity (Wildman–Crippen MR) is 170 cm³/mol. The van der Waals surface area contributed by atoms with Crippen molar-refractivity contribution in [2.75, 3.05) is 18.0 Å². The molecule has 11 heteroatoms. The molecular weight excluding hydrogens is 609 g/mol. The minimum absolute atomic E-state index is 0.00194. The Morgan fingerprint density at radius 1 is 0.977 bits per heavy atom. The summed E-state index contributed by atoms with van der Waals surface area (Å²) < 4.78 is 34.3. The van der Waals surface area contributed by atoms with Gasteiger partial charge in [-0.05, 0) is 61.2 Å². The van der Waals surface area contributed by atoms with Crippen LogP contribution in [0.4, 0.5) is 5.69 Å². The highest BCUT2D eigenvalue weighted by molar-refractivity contribution is 7.92. The number of halogens is 2. The average Bonchev–Trinajstić information content (AvgIpc) is 3.02. The number of hydrogen-bond acceptors (Lipinski definition) is 5. The Bertz CT molecular complexity index is 1510. The van der Waals surface area contributed by atoms with E-state index in [4.69, 9.17) is 27.9 Å².